The van der Waals surface area contributed by atoms with Crippen molar-refractivity contribution in [1.29, 1.82) is 0 Å². The third kappa shape index (κ3) is 4.24. The van der Waals surface area contributed by atoms with Gasteiger partial charge in [0.25, 0.3) is 0 Å². The highest BCUT2D eigenvalue weighted by Gasteiger charge is 2.43. The van der Waals surface area contributed by atoms with Crippen LogP contribution in [-0.2, 0) is 4.79 Å². The number of piperazine rings is 1. The van der Waals surface area contributed by atoms with Gasteiger partial charge in [0.2, 0.25) is 11.8 Å². The Labute approximate surface area is 142 Å². The molecule has 3 rings (SSSR count). The van der Waals surface area contributed by atoms with E-state index in [1.54, 1.807) is 4.90 Å². The lowest BCUT2D eigenvalue weighted by atomic mass is 9.86. The van der Waals surface area contributed by atoms with E-state index in [1.165, 1.54) is 0 Å². The lowest BCUT2D eigenvalue weighted by molar-refractivity contribution is -0.139. The molecule has 5 nitrogen and oxygen atoms in total. The number of carbonyl (C=O) groups is 1. The molecular formula is C17H29F2N3O2. The Morgan fingerprint density at radius 3 is 2.33 bits per heavy atom. The number of nitrogens with zero attached hydrogens (tertiary/aromatic N) is 3. The highest BCUT2D eigenvalue weighted by molar-refractivity contribution is 5.79. The van der Waals surface area contributed by atoms with Gasteiger partial charge in [-0.2, -0.15) is 0 Å². The van der Waals surface area contributed by atoms with Gasteiger partial charge >= 0.3 is 0 Å². The molecule has 0 bridgehead atoms. The van der Waals surface area contributed by atoms with E-state index in [4.69, 9.17) is 0 Å². The fourth-order valence-corrected chi connectivity index (χ4v) is 4.14. The number of rotatable bonds is 3. The average molecular weight is 345 g/mol. The molecule has 1 aliphatic carbocycles. The zero-order valence-electron chi connectivity index (χ0n) is 14.5. The number of likely N-dealkylation sites (N-methyl/N-ethyl adjacent to an activating group) is 1. The summed E-state index contributed by atoms with van der Waals surface area (Å²) in [5.74, 6) is -2.94. The first-order chi connectivity index (χ1) is 11.3. The maximum atomic E-state index is 13.3. The lowest BCUT2D eigenvalue weighted by Crippen LogP contribution is -2.52. The van der Waals surface area contributed by atoms with Gasteiger partial charge in [0.1, 0.15) is 0 Å². The molecule has 24 heavy (non-hydrogen) atoms. The average Bonchev–Trinajstić information content (AvgIpc) is 2.91. The molecule has 2 aliphatic heterocycles. The van der Waals surface area contributed by atoms with Gasteiger partial charge in [-0.3, -0.25) is 9.69 Å². The summed E-state index contributed by atoms with van der Waals surface area (Å²) in [6, 6.07) is 0. The Hall–Kier alpha value is -0.790. The molecule has 3 aliphatic rings. The minimum atomic E-state index is -2.61. The van der Waals surface area contributed by atoms with Crippen LogP contribution in [0, 0.1) is 5.92 Å². The van der Waals surface area contributed by atoms with Gasteiger partial charge in [0, 0.05) is 58.0 Å². The van der Waals surface area contributed by atoms with E-state index in [0.717, 1.165) is 26.2 Å². The molecule has 138 valence electrons. The maximum Gasteiger partial charge on any atom is 0.248 e. The van der Waals surface area contributed by atoms with Crippen LogP contribution in [0.15, 0.2) is 0 Å². The number of alkyl halides is 2. The van der Waals surface area contributed by atoms with Crippen LogP contribution >= 0.6 is 0 Å². The fourth-order valence-electron chi connectivity index (χ4n) is 4.14. The second-order valence-electron chi connectivity index (χ2n) is 7.94. The minimum Gasteiger partial charge on any atom is -0.387 e. The van der Waals surface area contributed by atoms with E-state index in [9.17, 15) is 18.7 Å². The Morgan fingerprint density at radius 2 is 1.71 bits per heavy atom. The largest absolute Gasteiger partial charge is 0.387 e. The summed E-state index contributed by atoms with van der Waals surface area (Å²) in [7, 11) is 2.09. The first kappa shape index (κ1) is 18.0. The maximum absolute atomic E-state index is 13.3. The Kier molecular flexibility index (Phi) is 5.14. The molecule has 3 fully saturated rings. The summed E-state index contributed by atoms with van der Waals surface area (Å²) in [5.41, 5.74) is -0.857. The molecule has 1 atom stereocenters. The number of aliphatic hydroxyl groups is 1. The van der Waals surface area contributed by atoms with Crippen molar-refractivity contribution in [3.05, 3.63) is 0 Å². The van der Waals surface area contributed by atoms with Crippen molar-refractivity contribution in [2.45, 2.75) is 43.6 Å². The summed E-state index contributed by atoms with van der Waals surface area (Å²) in [6.45, 7) is 5.33. The summed E-state index contributed by atoms with van der Waals surface area (Å²) >= 11 is 0. The van der Waals surface area contributed by atoms with Crippen LogP contribution in [0.25, 0.3) is 0 Å². The van der Waals surface area contributed by atoms with Crippen molar-refractivity contribution in [2.24, 2.45) is 5.92 Å². The van der Waals surface area contributed by atoms with Crippen molar-refractivity contribution < 1.29 is 18.7 Å². The first-order valence-electron chi connectivity index (χ1n) is 9.06. The highest BCUT2D eigenvalue weighted by Crippen LogP contribution is 2.37. The number of amides is 1. The third-order valence-electron chi connectivity index (χ3n) is 5.82. The monoisotopic (exact) mass is 345 g/mol. The van der Waals surface area contributed by atoms with Gasteiger partial charge in [-0.25, -0.2) is 8.78 Å². The molecular weight excluding hydrogens is 316 g/mol. The smallest absolute Gasteiger partial charge is 0.248 e. The number of hydrogen-bond donors (Lipinski definition) is 1. The van der Waals surface area contributed by atoms with Crippen molar-refractivity contribution in [2.75, 3.05) is 52.9 Å². The number of hydrogen-bond acceptors (Lipinski definition) is 4. The summed E-state index contributed by atoms with van der Waals surface area (Å²) in [6.07, 6.45) is 0.720. The van der Waals surface area contributed by atoms with Crippen molar-refractivity contribution in [1.82, 2.24) is 14.7 Å². The standard InChI is InChI=1S/C17H29F2N3O2/c1-20-8-10-21(11-9-20)12-16(24)6-7-22(13-16)15(23)14-2-4-17(18,19)5-3-14/h14,24H,2-13H2,1H3/t16-/m1/s1. The Balaban J connectivity index is 1.50. The molecule has 1 N–H and O–H groups in total. The molecule has 2 saturated heterocycles. The zero-order chi connectivity index (χ0) is 17.4. The molecule has 0 spiro atoms. The van der Waals surface area contributed by atoms with Gasteiger partial charge in [0.05, 0.1) is 12.1 Å². The van der Waals surface area contributed by atoms with Crippen LogP contribution in [0.5, 0.6) is 0 Å². The van der Waals surface area contributed by atoms with E-state index in [-0.39, 0.29) is 37.5 Å². The first-order valence-corrected chi connectivity index (χ1v) is 9.06. The number of carbonyl (C=O) groups excluding carboxylic acids is 1. The van der Waals surface area contributed by atoms with E-state index in [0.29, 0.717) is 26.1 Å². The fraction of sp³-hybridized carbons (Fsp3) is 0.941. The minimum absolute atomic E-state index is 0.0418. The zero-order valence-corrected chi connectivity index (χ0v) is 14.5. The van der Waals surface area contributed by atoms with Gasteiger partial charge < -0.3 is 14.9 Å². The van der Waals surface area contributed by atoms with Crippen LogP contribution in [0.2, 0.25) is 0 Å². The predicted octanol–water partition coefficient (Wildman–Crippen LogP) is 1.02. The molecule has 0 aromatic rings. The van der Waals surface area contributed by atoms with E-state index in [1.807, 2.05) is 0 Å². The lowest BCUT2D eigenvalue weighted by Gasteiger charge is -2.37. The van der Waals surface area contributed by atoms with Gasteiger partial charge in [0.15, 0.2) is 0 Å². The van der Waals surface area contributed by atoms with Crippen LogP contribution in [0.3, 0.4) is 0 Å². The van der Waals surface area contributed by atoms with Crippen molar-refractivity contribution in [3.63, 3.8) is 0 Å². The molecule has 1 amide bonds. The second kappa shape index (κ2) is 6.84. The molecule has 0 aromatic heterocycles. The summed E-state index contributed by atoms with van der Waals surface area (Å²) in [5, 5.41) is 10.8. The second-order valence-corrected chi connectivity index (χ2v) is 7.94. The topological polar surface area (TPSA) is 47.0 Å². The molecule has 0 unspecified atom stereocenters. The normalized spacial score (nSPS) is 33.1. The van der Waals surface area contributed by atoms with Crippen LogP contribution in [0.1, 0.15) is 32.1 Å². The molecule has 0 radical (unpaired) electrons. The van der Waals surface area contributed by atoms with Gasteiger partial charge in [-0.1, -0.05) is 0 Å². The Morgan fingerprint density at radius 1 is 1.08 bits per heavy atom. The molecule has 2 heterocycles. The molecule has 1 saturated carbocycles. The van der Waals surface area contributed by atoms with E-state index < -0.39 is 11.5 Å². The summed E-state index contributed by atoms with van der Waals surface area (Å²) < 4.78 is 26.5. The van der Waals surface area contributed by atoms with E-state index in [2.05, 4.69) is 16.8 Å². The SMILES string of the molecule is CN1CCN(C[C@]2(O)CCN(C(=O)C3CCC(F)(F)CC3)C2)CC1. The van der Waals surface area contributed by atoms with Gasteiger partial charge in [-0.05, 0) is 26.3 Å². The van der Waals surface area contributed by atoms with Crippen molar-refractivity contribution in [3.8, 4) is 0 Å². The van der Waals surface area contributed by atoms with E-state index >= 15 is 0 Å². The highest BCUT2D eigenvalue weighted by atomic mass is 19.3. The van der Waals surface area contributed by atoms with Crippen molar-refractivity contribution >= 4 is 5.91 Å². The quantitative estimate of drug-likeness (QED) is 0.830. The number of β-amino-alcohol motifs (C(OH)–C–C–N with tert-alkyl or cyclic N) is 1. The van der Waals surface area contributed by atoms with Crippen LogP contribution in [-0.4, -0.2) is 90.1 Å². The Bertz CT molecular complexity index is 459. The summed E-state index contributed by atoms with van der Waals surface area (Å²) in [4.78, 5) is 18.8. The van der Waals surface area contributed by atoms with Gasteiger partial charge in [-0.15, -0.1) is 0 Å². The van der Waals surface area contributed by atoms with Crippen LogP contribution < -0.4 is 0 Å². The van der Waals surface area contributed by atoms with Crippen LogP contribution in [0.4, 0.5) is 8.78 Å². The number of likely N-dealkylation sites (tertiary alicyclic amines) is 1. The predicted molar refractivity (Wildman–Crippen MR) is 87.0 cm³/mol. The number of halogens is 2. The molecule has 7 heteroatoms. The molecule has 0 aromatic carbocycles. The third-order valence-corrected chi connectivity index (χ3v) is 5.82.